The number of benzene rings is 1. The van der Waals surface area contributed by atoms with Crippen LogP contribution in [0.4, 0.5) is 0 Å². The van der Waals surface area contributed by atoms with Gasteiger partial charge in [-0.2, -0.15) is 0 Å². The molecule has 0 radical (unpaired) electrons. The van der Waals surface area contributed by atoms with Gasteiger partial charge in [0.1, 0.15) is 5.75 Å². The SMILES string of the molecule is COc1cccc(Cl)c1CNCCCN1CCN(C)CC1. The molecule has 0 saturated carbocycles. The van der Waals surface area contributed by atoms with Crippen LogP contribution in [0.25, 0.3) is 0 Å². The zero-order valence-corrected chi connectivity index (χ0v) is 13.8. The van der Waals surface area contributed by atoms with Crippen molar-refractivity contribution in [2.45, 2.75) is 13.0 Å². The zero-order chi connectivity index (χ0) is 15.1. The summed E-state index contributed by atoms with van der Waals surface area (Å²) in [5, 5.41) is 4.23. The van der Waals surface area contributed by atoms with E-state index in [1.807, 2.05) is 18.2 Å². The second-order valence-corrected chi connectivity index (χ2v) is 6.00. The third-order valence-electron chi connectivity index (χ3n) is 4.02. The van der Waals surface area contributed by atoms with Crippen molar-refractivity contribution >= 4 is 11.6 Å². The van der Waals surface area contributed by atoms with E-state index in [0.29, 0.717) is 0 Å². The van der Waals surface area contributed by atoms with E-state index in [0.717, 1.165) is 35.8 Å². The molecule has 1 aromatic carbocycles. The van der Waals surface area contributed by atoms with E-state index in [1.54, 1.807) is 7.11 Å². The molecule has 0 bridgehead atoms. The van der Waals surface area contributed by atoms with Crippen molar-refractivity contribution in [3.8, 4) is 5.75 Å². The van der Waals surface area contributed by atoms with Gasteiger partial charge in [0.25, 0.3) is 0 Å². The van der Waals surface area contributed by atoms with Gasteiger partial charge in [-0.15, -0.1) is 0 Å². The molecule has 0 atom stereocenters. The fraction of sp³-hybridized carbons (Fsp3) is 0.625. The first kappa shape index (κ1) is 16.6. The molecule has 0 amide bonds. The van der Waals surface area contributed by atoms with Gasteiger partial charge >= 0.3 is 0 Å². The Bertz CT molecular complexity index is 434. The van der Waals surface area contributed by atoms with Gasteiger partial charge in [-0.25, -0.2) is 0 Å². The van der Waals surface area contributed by atoms with Gasteiger partial charge < -0.3 is 19.9 Å². The van der Waals surface area contributed by atoms with Crippen LogP contribution in [-0.2, 0) is 6.54 Å². The Morgan fingerprint density at radius 1 is 1.24 bits per heavy atom. The van der Waals surface area contributed by atoms with Crippen molar-refractivity contribution in [2.24, 2.45) is 0 Å². The minimum atomic E-state index is 0.756. The van der Waals surface area contributed by atoms with Gasteiger partial charge in [0, 0.05) is 43.3 Å². The number of hydrogen-bond acceptors (Lipinski definition) is 4. The molecule has 1 saturated heterocycles. The largest absolute Gasteiger partial charge is 0.496 e. The molecular weight excluding hydrogens is 286 g/mol. The number of piperazine rings is 1. The van der Waals surface area contributed by atoms with E-state index >= 15 is 0 Å². The number of rotatable bonds is 7. The van der Waals surface area contributed by atoms with Crippen LogP contribution in [0.1, 0.15) is 12.0 Å². The molecule has 1 aliphatic rings. The first-order chi connectivity index (χ1) is 10.2. The maximum Gasteiger partial charge on any atom is 0.124 e. The lowest BCUT2D eigenvalue weighted by Gasteiger charge is -2.32. The molecule has 1 N–H and O–H groups in total. The molecule has 5 heteroatoms. The van der Waals surface area contributed by atoms with Crippen molar-refractivity contribution in [2.75, 3.05) is 53.4 Å². The second-order valence-electron chi connectivity index (χ2n) is 5.60. The van der Waals surface area contributed by atoms with Gasteiger partial charge in [-0.05, 0) is 38.7 Å². The lowest BCUT2D eigenvalue weighted by Crippen LogP contribution is -2.45. The van der Waals surface area contributed by atoms with E-state index < -0.39 is 0 Å². The van der Waals surface area contributed by atoms with Crippen molar-refractivity contribution in [3.63, 3.8) is 0 Å². The van der Waals surface area contributed by atoms with Crippen molar-refractivity contribution in [3.05, 3.63) is 28.8 Å². The molecule has 0 aromatic heterocycles. The highest BCUT2D eigenvalue weighted by Crippen LogP contribution is 2.25. The standard InChI is InChI=1S/C16H26ClN3O/c1-19-9-11-20(12-10-19)8-4-7-18-13-14-15(17)5-3-6-16(14)21-2/h3,5-6,18H,4,7-13H2,1-2H3. The van der Waals surface area contributed by atoms with Gasteiger partial charge in [-0.1, -0.05) is 17.7 Å². The number of nitrogens with one attached hydrogen (secondary N) is 1. The maximum atomic E-state index is 6.22. The van der Waals surface area contributed by atoms with Crippen LogP contribution in [0.3, 0.4) is 0 Å². The molecule has 0 aliphatic carbocycles. The Morgan fingerprint density at radius 3 is 2.71 bits per heavy atom. The predicted octanol–water partition coefficient (Wildman–Crippen LogP) is 2.08. The highest BCUT2D eigenvalue weighted by Gasteiger charge is 2.12. The van der Waals surface area contributed by atoms with Gasteiger partial charge in [0.15, 0.2) is 0 Å². The van der Waals surface area contributed by atoms with Gasteiger partial charge in [0.05, 0.1) is 7.11 Å². The quantitative estimate of drug-likeness (QED) is 0.780. The highest BCUT2D eigenvalue weighted by molar-refractivity contribution is 6.31. The molecule has 1 heterocycles. The normalized spacial score (nSPS) is 17.1. The summed E-state index contributed by atoms with van der Waals surface area (Å²) in [5.41, 5.74) is 1.04. The Morgan fingerprint density at radius 2 is 2.00 bits per heavy atom. The lowest BCUT2D eigenvalue weighted by molar-refractivity contribution is 0.152. The Balaban J connectivity index is 1.66. The van der Waals surface area contributed by atoms with Crippen LogP contribution in [0.2, 0.25) is 5.02 Å². The number of methoxy groups -OCH3 is 1. The molecule has 4 nitrogen and oxygen atoms in total. The summed E-state index contributed by atoms with van der Waals surface area (Å²) in [6.07, 6.45) is 1.16. The molecular formula is C16H26ClN3O. The minimum Gasteiger partial charge on any atom is -0.496 e. The summed E-state index contributed by atoms with van der Waals surface area (Å²) >= 11 is 6.22. The molecule has 118 valence electrons. The van der Waals surface area contributed by atoms with E-state index in [-0.39, 0.29) is 0 Å². The molecule has 1 fully saturated rings. The van der Waals surface area contributed by atoms with Crippen LogP contribution in [0.5, 0.6) is 5.75 Å². The summed E-state index contributed by atoms with van der Waals surface area (Å²) in [4.78, 5) is 4.93. The first-order valence-corrected chi connectivity index (χ1v) is 8.01. The van der Waals surface area contributed by atoms with Crippen LogP contribution in [0, 0.1) is 0 Å². The average molecular weight is 312 g/mol. The summed E-state index contributed by atoms with van der Waals surface area (Å²) in [6, 6.07) is 5.77. The number of halogens is 1. The zero-order valence-electron chi connectivity index (χ0n) is 13.1. The van der Waals surface area contributed by atoms with Crippen molar-refractivity contribution in [1.29, 1.82) is 0 Å². The molecule has 1 aromatic rings. The minimum absolute atomic E-state index is 0.756. The second kappa shape index (κ2) is 8.59. The molecule has 21 heavy (non-hydrogen) atoms. The van der Waals surface area contributed by atoms with Crippen molar-refractivity contribution in [1.82, 2.24) is 15.1 Å². The molecule has 2 rings (SSSR count). The highest BCUT2D eigenvalue weighted by atomic mass is 35.5. The average Bonchev–Trinajstić information content (AvgIpc) is 2.50. The van der Waals surface area contributed by atoms with Gasteiger partial charge in [0.2, 0.25) is 0 Å². The monoisotopic (exact) mass is 311 g/mol. The summed E-state index contributed by atoms with van der Waals surface area (Å²) in [5.74, 6) is 0.856. The van der Waals surface area contributed by atoms with E-state index in [4.69, 9.17) is 16.3 Å². The number of likely N-dealkylation sites (N-methyl/N-ethyl adjacent to an activating group) is 1. The summed E-state index contributed by atoms with van der Waals surface area (Å²) in [7, 11) is 3.87. The van der Waals surface area contributed by atoms with Crippen LogP contribution >= 0.6 is 11.6 Å². The predicted molar refractivity (Wildman–Crippen MR) is 88.3 cm³/mol. The Hall–Kier alpha value is -0.810. The summed E-state index contributed by atoms with van der Waals surface area (Å²) < 4.78 is 5.35. The third-order valence-corrected chi connectivity index (χ3v) is 4.38. The van der Waals surface area contributed by atoms with Crippen LogP contribution in [0.15, 0.2) is 18.2 Å². The lowest BCUT2D eigenvalue weighted by atomic mass is 10.2. The molecule has 0 unspecified atom stereocenters. The van der Waals surface area contributed by atoms with Crippen LogP contribution in [-0.4, -0.2) is 63.2 Å². The summed E-state index contributed by atoms with van der Waals surface area (Å²) in [6.45, 7) is 7.67. The van der Waals surface area contributed by atoms with Crippen LogP contribution < -0.4 is 10.1 Å². The van der Waals surface area contributed by atoms with Crippen molar-refractivity contribution < 1.29 is 4.74 Å². The Kier molecular flexibility index (Phi) is 6.77. The fourth-order valence-electron chi connectivity index (χ4n) is 2.61. The number of hydrogen-bond donors (Lipinski definition) is 1. The number of nitrogens with zero attached hydrogens (tertiary/aromatic N) is 2. The smallest absolute Gasteiger partial charge is 0.124 e. The molecule has 0 spiro atoms. The fourth-order valence-corrected chi connectivity index (χ4v) is 2.85. The Labute approximate surface area is 133 Å². The van der Waals surface area contributed by atoms with Gasteiger partial charge in [-0.3, -0.25) is 0 Å². The van der Waals surface area contributed by atoms with E-state index in [9.17, 15) is 0 Å². The molecule has 1 aliphatic heterocycles. The van der Waals surface area contributed by atoms with E-state index in [2.05, 4.69) is 22.2 Å². The number of ether oxygens (including phenoxy) is 1. The first-order valence-electron chi connectivity index (χ1n) is 7.63. The topological polar surface area (TPSA) is 27.7 Å². The van der Waals surface area contributed by atoms with E-state index in [1.165, 1.54) is 32.7 Å². The maximum absolute atomic E-state index is 6.22. The third kappa shape index (κ3) is 5.15.